The second-order valence-corrected chi connectivity index (χ2v) is 10.6. The van der Waals surface area contributed by atoms with E-state index in [2.05, 4.69) is 0 Å². The first-order valence-electron chi connectivity index (χ1n) is 10.2. The van der Waals surface area contributed by atoms with Gasteiger partial charge in [-0.15, -0.1) is 0 Å². The van der Waals surface area contributed by atoms with Crippen molar-refractivity contribution >= 4 is 20.6 Å². The van der Waals surface area contributed by atoms with Gasteiger partial charge in [0.25, 0.3) is 0 Å². The summed E-state index contributed by atoms with van der Waals surface area (Å²) in [6, 6.07) is 18.5. The average Bonchev–Trinajstić information content (AvgIpc) is 2.70. The third kappa shape index (κ3) is 4.91. The van der Waals surface area contributed by atoms with Crippen LogP contribution in [0.15, 0.2) is 65.6 Å². The molecule has 0 aromatic heterocycles. The molecule has 0 bridgehead atoms. The van der Waals surface area contributed by atoms with Crippen molar-refractivity contribution in [3.8, 4) is 16.9 Å². The summed E-state index contributed by atoms with van der Waals surface area (Å²) in [6.07, 6.45) is 0.536. The molecule has 2 N–H and O–H groups in total. The molecule has 1 atom stereocenters. The average molecular weight is 442 g/mol. The maximum Gasteiger partial charge on any atom is 0.175 e. The SMILES string of the molecule is CC1(O)CN(CC(O)COc2ccc(-c3cccc(S(C)(=O)=O)c3)c3ccccc23)C1. The summed E-state index contributed by atoms with van der Waals surface area (Å²) in [6.45, 7) is 3.48. The van der Waals surface area contributed by atoms with E-state index in [1.807, 2.05) is 47.4 Å². The summed E-state index contributed by atoms with van der Waals surface area (Å²) >= 11 is 0. The molecular weight excluding hydrogens is 414 g/mol. The number of likely N-dealkylation sites (tertiary alicyclic amines) is 1. The third-order valence-electron chi connectivity index (χ3n) is 5.49. The molecule has 1 fully saturated rings. The summed E-state index contributed by atoms with van der Waals surface area (Å²) in [5, 5.41) is 22.0. The molecule has 0 radical (unpaired) electrons. The third-order valence-corrected chi connectivity index (χ3v) is 6.60. The van der Waals surface area contributed by atoms with Crippen LogP contribution >= 0.6 is 0 Å². The van der Waals surface area contributed by atoms with Crippen molar-refractivity contribution in [2.24, 2.45) is 0 Å². The van der Waals surface area contributed by atoms with E-state index in [4.69, 9.17) is 4.74 Å². The van der Waals surface area contributed by atoms with Crippen LogP contribution in [0.4, 0.5) is 0 Å². The molecule has 1 aliphatic rings. The Morgan fingerprint density at radius 3 is 2.45 bits per heavy atom. The van der Waals surface area contributed by atoms with Crippen molar-refractivity contribution in [2.45, 2.75) is 23.5 Å². The molecule has 1 aliphatic heterocycles. The Kier molecular flexibility index (Phi) is 5.79. The lowest BCUT2D eigenvalue weighted by atomic mass is 9.96. The van der Waals surface area contributed by atoms with E-state index in [9.17, 15) is 18.6 Å². The topological polar surface area (TPSA) is 87.1 Å². The van der Waals surface area contributed by atoms with Crippen LogP contribution in [0, 0.1) is 0 Å². The fourth-order valence-corrected chi connectivity index (χ4v) is 4.79. The second-order valence-electron chi connectivity index (χ2n) is 8.59. The fourth-order valence-electron chi connectivity index (χ4n) is 4.13. The van der Waals surface area contributed by atoms with Crippen molar-refractivity contribution in [2.75, 3.05) is 32.5 Å². The van der Waals surface area contributed by atoms with Crippen LogP contribution in [-0.4, -0.2) is 67.7 Å². The molecule has 1 saturated heterocycles. The number of aliphatic hydroxyl groups excluding tert-OH is 1. The van der Waals surface area contributed by atoms with E-state index >= 15 is 0 Å². The van der Waals surface area contributed by atoms with Crippen molar-refractivity contribution < 1.29 is 23.4 Å². The van der Waals surface area contributed by atoms with Crippen molar-refractivity contribution in [1.29, 1.82) is 0 Å². The Morgan fingerprint density at radius 1 is 1.06 bits per heavy atom. The van der Waals surface area contributed by atoms with Crippen LogP contribution < -0.4 is 4.74 Å². The van der Waals surface area contributed by atoms with Gasteiger partial charge in [0.05, 0.1) is 10.5 Å². The zero-order valence-corrected chi connectivity index (χ0v) is 18.5. The van der Waals surface area contributed by atoms with Crippen LogP contribution in [0.2, 0.25) is 0 Å². The molecule has 7 heteroatoms. The highest BCUT2D eigenvalue weighted by Gasteiger charge is 2.37. The number of rotatable bonds is 7. The predicted octanol–water partition coefficient (Wildman–Crippen LogP) is 2.72. The number of fused-ring (bicyclic) bond motifs is 1. The lowest BCUT2D eigenvalue weighted by molar-refractivity contribution is -0.0978. The first kappa shape index (κ1) is 21.8. The molecule has 3 aromatic carbocycles. The van der Waals surface area contributed by atoms with E-state index in [0.29, 0.717) is 25.4 Å². The van der Waals surface area contributed by atoms with Gasteiger partial charge in [0.1, 0.15) is 18.5 Å². The van der Waals surface area contributed by atoms with Gasteiger partial charge in [-0.25, -0.2) is 8.42 Å². The first-order valence-corrected chi connectivity index (χ1v) is 12.1. The Balaban J connectivity index is 1.56. The molecule has 31 heavy (non-hydrogen) atoms. The first-order chi connectivity index (χ1) is 14.6. The van der Waals surface area contributed by atoms with Gasteiger partial charge in [-0.2, -0.15) is 0 Å². The van der Waals surface area contributed by atoms with Crippen LogP contribution in [0.25, 0.3) is 21.9 Å². The largest absolute Gasteiger partial charge is 0.490 e. The Labute approximate surface area is 182 Å². The van der Waals surface area contributed by atoms with Gasteiger partial charge >= 0.3 is 0 Å². The molecule has 1 unspecified atom stereocenters. The molecule has 0 spiro atoms. The van der Waals surface area contributed by atoms with Crippen LogP contribution in [-0.2, 0) is 9.84 Å². The fraction of sp³-hybridized carbons (Fsp3) is 0.333. The van der Waals surface area contributed by atoms with Gasteiger partial charge in [0.2, 0.25) is 0 Å². The number of hydrogen-bond acceptors (Lipinski definition) is 6. The van der Waals surface area contributed by atoms with E-state index in [0.717, 1.165) is 21.9 Å². The number of nitrogens with zero attached hydrogens (tertiary/aromatic N) is 1. The summed E-state index contributed by atoms with van der Waals surface area (Å²) in [5.41, 5.74) is 1.06. The molecular formula is C24H27NO5S. The summed E-state index contributed by atoms with van der Waals surface area (Å²) in [5.74, 6) is 0.660. The maximum absolute atomic E-state index is 12.0. The number of benzene rings is 3. The molecule has 164 valence electrons. The maximum atomic E-state index is 12.0. The standard InChI is InChI=1S/C24H27NO5S/c1-24(27)15-25(16-24)13-18(26)14-30-23-11-10-20(21-8-3-4-9-22(21)23)17-6-5-7-19(12-17)31(2,28)29/h3-12,18,26-27H,13-16H2,1-2H3. The van der Waals surface area contributed by atoms with Crippen LogP contribution in [0.3, 0.4) is 0 Å². The van der Waals surface area contributed by atoms with E-state index in [1.54, 1.807) is 25.1 Å². The second kappa shape index (κ2) is 8.24. The highest BCUT2D eigenvalue weighted by atomic mass is 32.2. The monoisotopic (exact) mass is 441 g/mol. The van der Waals surface area contributed by atoms with Crippen molar-refractivity contribution in [1.82, 2.24) is 4.90 Å². The number of β-amino-alcohol motifs (C(OH)–C–C–N with tert-alkyl or cyclic N) is 2. The normalized spacial score (nSPS) is 17.3. The van der Waals surface area contributed by atoms with Crippen molar-refractivity contribution in [3.63, 3.8) is 0 Å². The summed E-state index contributed by atoms with van der Waals surface area (Å²) in [4.78, 5) is 2.27. The van der Waals surface area contributed by atoms with Gasteiger partial charge in [-0.1, -0.05) is 42.5 Å². The predicted molar refractivity (Wildman–Crippen MR) is 121 cm³/mol. The quantitative estimate of drug-likeness (QED) is 0.586. The highest BCUT2D eigenvalue weighted by Crippen LogP contribution is 2.35. The number of hydrogen-bond donors (Lipinski definition) is 2. The van der Waals surface area contributed by atoms with Gasteiger partial charge < -0.3 is 14.9 Å². The van der Waals surface area contributed by atoms with Crippen LogP contribution in [0.1, 0.15) is 6.92 Å². The lowest BCUT2D eigenvalue weighted by Gasteiger charge is -2.44. The Bertz CT molecular complexity index is 1200. The number of sulfone groups is 1. The Hall–Kier alpha value is -2.45. The van der Waals surface area contributed by atoms with Gasteiger partial charge in [-0.3, -0.25) is 4.90 Å². The molecule has 4 rings (SSSR count). The zero-order valence-electron chi connectivity index (χ0n) is 17.7. The highest BCUT2D eigenvalue weighted by molar-refractivity contribution is 7.90. The van der Waals surface area contributed by atoms with Crippen molar-refractivity contribution in [3.05, 3.63) is 60.7 Å². The molecule has 3 aromatic rings. The van der Waals surface area contributed by atoms with Crippen LogP contribution in [0.5, 0.6) is 5.75 Å². The van der Waals surface area contributed by atoms with E-state index in [1.165, 1.54) is 6.26 Å². The minimum Gasteiger partial charge on any atom is -0.490 e. The number of aliphatic hydroxyl groups is 2. The minimum absolute atomic E-state index is 0.144. The lowest BCUT2D eigenvalue weighted by Crippen LogP contribution is -2.61. The summed E-state index contributed by atoms with van der Waals surface area (Å²) in [7, 11) is -3.30. The smallest absolute Gasteiger partial charge is 0.175 e. The summed E-state index contributed by atoms with van der Waals surface area (Å²) < 4.78 is 29.9. The van der Waals surface area contributed by atoms with Gasteiger partial charge in [-0.05, 0) is 41.6 Å². The molecule has 0 saturated carbocycles. The van der Waals surface area contributed by atoms with E-state index < -0.39 is 21.5 Å². The molecule has 1 heterocycles. The minimum atomic E-state index is -3.30. The van der Waals surface area contributed by atoms with E-state index in [-0.39, 0.29) is 11.5 Å². The molecule has 0 amide bonds. The number of ether oxygens (including phenoxy) is 1. The Morgan fingerprint density at radius 2 is 1.77 bits per heavy atom. The molecule has 0 aliphatic carbocycles. The molecule has 6 nitrogen and oxygen atoms in total. The van der Waals surface area contributed by atoms with Gasteiger partial charge in [0, 0.05) is 31.3 Å². The zero-order chi connectivity index (χ0) is 22.2. The van der Waals surface area contributed by atoms with Gasteiger partial charge in [0.15, 0.2) is 9.84 Å².